The number of esters is 1. The number of ether oxygens (including phenoxy) is 2. The Balaban J connectivity index is 2.15. The lowest BCUT2D eigenvalue weighted by Gasteiger charge is -2.23. The summed E-state index contributed by atoms with van der Waals surface area (Å²) < 4.78 is 37.4. The number of carbonyl (C=O) groups is 1. The normalized spacial score (nSPS) is 12.7. The second kappa shape index (κ2) is 11.2. The zero-order chi connectivity index (χ0) is 20.4. The van der Waals surface area contributed by atoms with Crippen molar-refractivity contribution in [2.45, 2.75) is 32.5 Å². The summed E-state index contributed by atoms with van der Waals surface area (Å²) in [6.45, 7) is 1.45. The molecule has 0 aliphatic carbocycles. The van der Waals surface area contributed by atoms with Gasteiger partial charge in [0, 0.05) is 0 Å². The van der Waals surface area contributed by atoms with Gasteiger partial charge in [-0.15, -0.1) is 0 Å². The fourth-order valence-corrected chi connectivity index (χ4v) is 2.79. The van der Waals surface area contributed by atoms with E-state index in [9.17, 15) is 18.7 Å². The first-order chi connectivity index (χ1) is 13.5. The molecule has 150 valence electrons. The Labute approximate surface area is 163 Å². The first-order valence-corrected chi connectivity index (χ1v) is 9.13. The number of aliphatic hydroxyl groups is 1. The molecule has 0 aliphatic rings. The van der Waals surface area contributed by atoms with Gasteiger partial charge in [0.25, 0.3) is 0 Å². The average molecular weight is 390 g/mol. The monoisotopic (exact) mass is 390 g/mol. The van der Waals surface area contributed by atoms with E-state index in [-0.39, 0.29) is 19.6 Å². The molecule has 4 nitrogen and oxygen atoms in total. The lowest BCUT2D eigenvalue weighted by molar-refractivity contribution is -0.152. The molecule has 2 aromatic rings. The molecule has 0 heterocycles. The highest BCUT2D eigenvalue weighted by molar-refractivity contribution is 5.76. The fraction of sp³-hybridized carbons (Fsp3) is 0.318. The highest BCUT2D eigenvalue weighted by atomic mass is 19.3. The van der Waals surface area contributed by atoms with Crippen molar-refractivity contribution in [1.82, 2.24) is 0 Å². The molecule has 1 N–H and O–H groups in total. The number of carbonyl (C=O) groups excluding carboxylic acids is 1. The van der Waals surface area contributed by atoms with Crippen molar-refractivity contribution < 1.29 is 28.2 Å². The minimum Gasteiger partial charge on any atom is -0.487 e. The quantitative estimate of drug-likeness (QED) is 0.480. The average Bonchev–Trinajstić information content (AvgIpc) is 2.70. The Bertz CT molecular complexity index is 759. The number of benzene rings is 2. The van der Waals surface area contributed by atoms with Gasteiger partial charge in [0.1, 0.15) is 12.5 Å². The molecule has 0 unspecified atom stereocenters. The van der Waals surface area contributed by atoms with Crippen molar-refractivity contribution in [3.05, 3.63) is 83.6 Å². The van der Waals surface area contributed by atoms with Crippen LogP contribution in [-0.4, -0.2) is 23.8 Å². The third kappa shape index (κ3) is 6.46. The highest BCUT2D eigenvalue weighted by Gasteiger charge is 2.36. The van der Waals surface area contributed by atoms with Gasteiger partial charge in [-0.05, 0) is 30.9 Å². The van der Waals surface area contributed by atoms with Crippen LogP contribution < -0.4 is 0 Å². The lowest BCUT2D eigenvalue weighted by atomic mass is 9.94. The first-order valence-electron chi connectivity index (χ1n) is 9.13. The molecule has 0 fully saturated rings. The van der Waals surface area contributed by atoms with E-state index in [1.807, 2.05) is 30.3 Å². The molecule has 2 rings (SSSR count). The number of aliphatic hydroxyl groups excluding tert-OH is 1. The molecule has 0 radical (unpaired) electrons. The van der Waals surface area contributed by atoms with Crippen molar-refractivity contribution in [3.8, 4) is 0 Å². The smallest absolute Gasteiger partial charge is 0.319 e. The van der Waals surface area contributed by atoms with Crippen LogP contribution in [-0.2, 0) is 27.3 Å². The zero-order valence-corrected chi connectivity index (χ0v) is 15.7. The van der Waals surface area contributed by atoms with E-state index in [0.29, 0.717) is 12.0 Å². The molecule has 0 spiro atoms. The Morgan fingerprint density at radius 3 is 2.07 bits per heavy atom. The minimum absolute atomic E-state index is 0.0145. The van der Waals surface area contributed by atoms with E-state index in [1.165, 1.54) is 0 Å². The molecular formula is C22H24F2O4. The summed E-state index contributed by atoms with van der Waals surface area (Å²) in [4.78, 5) is 12.3. The third-order valence-electron chi connectivity index (χ3n) is 4.20. The van der Waals surface area contributed by atoms with Gasteiger partial charge in [0.05, 0.1) is 12.7 Å². The molecule has 0 saturated carbocycles. The van der Waals surface area contributed by atoms with Gasteiger partial charge in [-0.3, -0.25) is 4.79 Å². The van der Waals surface area contributed by atoms with Crippen molar-refractivity contribution in [3.63, 3.8) is 0 Å². The second-order valence-electron chi connectivity index (χ2n) is 6.22. The molecule has 0 aliphatic heterocycles. The molecule has 0 saturated heterocycles. The van der Waals surface area contributed by atoms with Gasteiger partial charge in [-0.1, -0.05) is 60.7 Å². The molecule has 2 atom stereocenters. The highest BCUT2D eigenvalue weighted by Crippen LogP contribution is 2.27. The van der Waals surface area contributed by atoms with Gasteiger partial charge in [0.2, 0.25) is 0 Å². The van der Waals surface area contributed by atoms with Crippen LogP contribution in [0.15, 0.2) is 72.5 Å². The molecule has 28 heavy (non-hydrogen) atoms. The largest absolute Gasteiger partial charge is 0.487 e. The van der Waals surface area contributed by atoms with E-state index in [4.69, 9.17) is 9.47 Å². The van der Waals surface area contributed by atoms with E-state index >= 15 is 0 Å². The van der Waals surface area contributed by atoms with Crippen LogP contribution in [0.2, 0.25) is 0 Å². The number of hydrogen-bond donors (Lipinski definition) is 1. The van der Waals surface area contributed by atoms with Crippen LogP contribution in [0.5, 0.6) is 0 Å². The van der Waals surface area contributed by atoms with Crippen LogP contribution in [0.25, 0.3) is 0 Å². The number of halogens is 2. The maximum atomic E-state index is 13.6. The molecule has 0 amide bonds. The van der Waals surface area contributed by atoms with Crippen LogP contribution >= 0.6 is 0 Å². The predicted octanol–water partition coefficient (Wildman–Crippen LogP) is 4.48. The fourth-order valence-electron chi connectivity index (χ4n) is 2.79. The molecule has 2 aromatic carbocycles. The summed E-state index contributed by atoms with van der Waals surface area (Å²) in [6, 6.07) is 18.0. The molecule has 0 bridgehead atoms. The van der Waals surface area contributed by atoms with Crippen LogP contribution in [0.3, 0.4) is 0 Å². The Kier molecular flexibility index (Phi) is 8.62. The Morgan fingerprint density at radius 1 is 0.964 bits per heavy atom. The number of hydrogen-bond acceptors (Lipinski definition) is 4. The Hall–Kier alpha value is -2.73. The minimum atomic E-state index is -2.15. The van der Waals surface area contributed by atoms with E-state index < -0.39 is 29.8 Å². The van der Waals surface area contributed by atoms with E-state index in [1.54, 1.807) is 37.3 Å². The zero-order valence-electron chi connectivity index (χ0n) is 15.7. The standard InChI is InChI=1S/C22H24F2O4/c1-2-27-22(26)19(18(25)14-13-16-9-5-3-6-10-16)20(21(23)24)28-15-17-11-7-4-8-12-17/h3-12,18-19,25H,2,13-15H2,1H3/t18-,19+/m0/s1. The van der Waals surface area contributed by atoms with Crippen molar-refractivity contribution in [2.24, 2.45) is 5.92 Å². The van der Waals surface area contributed by atoms with Crippen molar-refractivity contribution in [1.29, 1.82) is 0 Å². The number of aryl methyl sites for hydroxylation is 1. The lowest BCUT2D eigenvalue weighted by Crippen LogP contribution is -2.33. The maximum Gasteiger partial charge on any atom is 0.319 e. The van der Waals surface area contributed by atoms with Gasteiger partial charge in [-0.25, -0.2) is 0 Å². The number of rotatable bonds is 10. The van der Waals surface area contributed by atoms with Crippen molar-refractivity contribution in [2.75, 3.05) is 6.61 Å². The summed E-state index contributed by atoms with van der Waals surface area (Å²) in [6.07, 6.45) is -2.98. The van der Waals surface area contributed by atoms with Crippen LogP contribution in [0.4, 0.5) is 8.78 Å². The summed E-state index contributed by atoms with van der Waals surface area (Å²) in [5, 5.41) is 10.5. The summed E-state index contributed by atoms with van der Waals surface area (Å²) in [7, 11) is 0. The van der Waals surface area contributed by atoms with Crippen molar-refractivity contribution >= 4 is 5.97 Å². The predicted molar refractivity (Wildman–Crippen MR) is 101 cm³/mol. The van der Waals surface area contributed by atoms with Gasteiger partial charge < -0.3 is 14.6 Å². The van der Waals surface area contributed by atoms with Crippen LogP contribution in [0.1, 0.15) is 24.5 Å². The molecule has 6 heteroatoms. The van der Waals surface area contributed by atoms with Gasteiger partial charge >= 0.3 is 12.0 Å². The van der Waals surface area contributed by atoms with Crippen LogP contribution in [0, 0.1) is 5.92 Å². The van der Waals surface area contributed by atoms with Gasteiger partial charge in [0.15, 0.2) is 5.76 Å². The van der Waals surface area contributed by atoms with E-state index in [0.717, 1.165) is 5.56 Å². The maximum absolute atomic E-state index is 13.6. The SMILES string of the molecule is CCOC(=O)[C@@H](C(OCc1ccccc1)=C(F)F)[C@@H](O)CCc1ccccc1. The second-order valence-corrected chi connectivity index (χ2v) is 6.22. The van der Waals surface area contributed by atoms with E-state index in [2.05, 4.69) is 0 Å². The molecular weight excluding hydrogens is 366 g/mol. The topological polar surface area (TPSA) is 55.8 Å². The first kappa shape index (κ1) is 21.6. The summed E-state index contributed by atoms with van der Waals surface area (Å²) in [5.41, 5.74) is 1.60. The molecule has 0 aromatic heterocycles. The van der Waals surface area contributed by atoms with Gasteiger partial charge in [-0.2, -0.15) is 8.78 Å². The summed E-state index contributed by atoms with van der Waals surface area (Å²) >= 11 is 0. The third-order valence-corrected chi connectivity index (χ3v) is 4.20. The summed E-state index contributed by atoms with van der Waals surface area (Å²) in [5.74, 6) is -3.36. The Morgan fingerprint density at radius 2 is 1.54 bits per heavy atom.